The summed E-state index contributed by atoms with van der Waals surface area (Å²) in [6.07, 6.45) is 3.96. The summed E-state index contributed by atoms with van der Waals surface area (Å²) in [5, 5.41) is 0.707. The third-order valence-electron chi connectivity index (χ3n) is 8.24. The summed E-state index contributed by atoms with van der Waals surface area (Å²) >= 11 is 6.75. The smallest absolute Gasteiger partial charge is 0.228 e. The molecule has 1 amide bonds. The zero-order valence-electron chi connectivity index (χ0n) is 28.8. The molecule has 0 bridgehead atoms. The van der Waals surface area contributed by atoms with E-state index in [-0.39, 0.29) is 17.2 Å². The van der Waals surface area contributed by atoms with E-state index >= 15 is 0 Å². The number of likely N-dealkylation sites (N-methyl/N-ethyl adjacent to an activating group) is 1. The first-order valence-corrected chi connectivity index (χ1v) is 17.3. The number of halogens is 1. The molecule has 0 fully saturated rings. The second-order valence-corrected chi connectivity index (χ2v) is 12.8. The van der Waals surface area contributed by atoms with Crippen LogP contribution in [-0.4, -0.2) is 43.8 Å². The van der Waals surface area contributed by atoms with Crippen LogP contribution in [0.3, 0.4) is 0 Å². The lowest BCUT2D eigenvalue weighted by molar-refractivity contribution is -0.118. The van der Waals surface area contributed by atoms with E-state index in [1.165, 1.54) is 35.1 Å². The number of nitrogens with one attached hydrogen (secondary N) is 1. The molecule has 1 aliphatic rings. The minimum absolute atomic E-state index is 0.143. The molecule has 1 atom stereocenters. The quantitative estimate of drug-likeness (QED) is 0.150. The van der Waals surface area contributed by atoms with Crippen LogP contribution in [0.1, 0.15) is 89.0 Å². The van der Waals surface area contributed by atoms with Crippen molar-refractivity contribution in [2.24, 2.45) is 4.99 Å². The van der Waals surface area contributed by atoms with Crippen molar-refractivity contribution in [2.75, 3.05) is 36.8 Å². The summed E-state index contributed by atoms with van der Waals surface area (Å²) in [4.78, 5) is 22.3. The predicted octanol–water partition coefficient (Wildman–Crippen LogP) is 10.1. The molecule has 3 aromatic rings. The van der Waals surface area contributed by atoms with Crippen LogP contribution in [0.4, 0.5) is 11.4 Å². The van der Waals surface area contributed by atoms with E-state index in [9.17, 15) is 4.79 Å². The highest BCUT2D eigenvalue weighted by Gasteiger charge is 2.29. The Balaban J connectivity index is 0.000000495. The van der Waals surface area contributed by atoms with Gasteiger partial charge in [0.2, 0.25) is 5.91 Å². The monoisotopic (exact) mass is 648 g/mol. The van der Waals surface area contributed by atoms with Gasteiger partial charge in [-0.1, -0.05) is 93.9 Å². The third-order valence-corrected chi connectivity index (χ3v) is 8.83. The van der Waals surface area contributed by atoms with Crippen LogP contribution in [0.2, 0.25) is 5.02 Å². The maximum atomic E-state index is 13.7. The van der Waals surface area contributed by atoms with Gasteiger partial charge in [0.05, 0.1) is 6.54 Å². The number of amides is 1. The van der Waals surface area contributed by atoms with Crippen molar-refractivity contribution in [3.05, 3.63) is 94.0 Å². The first-order chi connectivity index (χ1) is 21.5. The molecular weight excluding hydrogens is 596 g/mol. The highest BCUT2D eigenvalue weighted by molar-refractivity contribution is 7.89. The Morgan fingerprint density at radius 3 is 2.44 bits per heavy atom. The number of aryl methyl sites for hydroxylation is 2. The van der Waals surface area contributed by atoms with Crippen LogP contribution < -0.4 is 9.62 Å². The number of aliphatic imine (C=N–C) groups is 1. The number of carbonyl (C=O) groups is 1. The van der Waals surface area contributed by atoms with E-state index in [4.69, 9.17) is 17.3 Å². The Bertz CT molecular complexity index is 1460. The summed E-state index contributed by atoms with van der Waals surface area (Å²) in [5.74, 6) is 1.22. The van der Waals surface area contributed by atoms with Gasteiger partial charge in [-0.25, -0.2) is 0 Å². The number of hydrogen-bond donors (Lipinski definition) is 1. The normalized spacial score (nSPS) is 13.9. The topological polar surface area (TPSA) is 47.9 Å². The SMILES string of the molecule is C#SNc1cccc(Cl)c1.CC.CCN(C)C(CN(C(=O)C[C@H](C)c1cccc(C)c1)c1ccc2c(c1)CCCC2(C)C)=NC. The molecule has 45 heavy (non-hydrogen) atoms. The van der Waals surface area contributed by atoms with Crippen molar-refractivity contribution in [3.63, 3.8) is 0 Å². The second-order valence-electron chi connectivity index (χ2n) is 12.0. The van der Waals surface area contributed by atoms with Gasteiger partial charge in [0, 0.05) is 43.5 Å². The number of fused-ring (bicyclic) bond motifs is 1. The average molecular weight is 649 g/mol. The van der Waals surface area contributed by atoms with Crippen molar-refractivity contribution in [2.45, 2.75) is 85.5 Å². The molecule has 0 unspecified atom stereocenters. The minimum atomic E-state index is 0.143. The Morgan fingerprint density at radius 2 is 1.82 bits per heavy atom. The van der Waals surface area contributed by atoms with E-state index in [1.807, 2.05) is 51.0 Å². The zero-order valence-corrected chi connectivity index (χ0v) is 30.4. The predicted molar refractivity (Wildman–Crippen MR) is 200 cm³/mol. The van der Waals surface area contributed by atoms with E-state index in [0.717, 1.165) is 41.5 Å². The number of rotatable bonds is 8. The van der Waals surface area contributed by atoms with E-state index in [2.05, 4.69) is 91.7 Å². The van der Waals surface area contributed by atoms with Crippen LogP contribution in [0, 0.1) is 12.6 Å². The highest BCUT2D eigenvalue weighted by atomic mass is 35.5. The Morgan fingerprint density at radius 1 is 1.11 bits per heavy atom. The van der Waals surface area contributed by atoms with Gasteiger partial charge < -0.3 is 14.5 Å². The second kappa shape index (κ2) is 18.6. The Labute approximate surface area is 281 Å². The van der Waals surface area contributed by atoms with E-state index in [1.54, 1.807) is 6.07 Å². The molecule has 3 aromatic carbocycles. The van der Waals surface area contributed by atoms with Gasteiger partial charge >= 0.3 is 0 Å². The molecule has 0 spiro atoms. The molecular formula is C38H53ClN4OS. The molecule has 0 aromatic heterocycles. The molecule has 0 saturated carbocycles. The third kappa shape index (κ3) is 11.2. The largest absolute Gasteiger partial charge is 0.362 e. The van der Waals surface area contributed by atoms with E-state index in [0.29, 0.717) is 18.0 Å². The molecule has 0 saturated heterocycles. The molecule has 1 N–H and O–H groups in total. The van der Waals surface area contributed by atoms with Gasteiger partial charge in [-0.3, -0.25) is 9.79 Å². The fourth-order valence-corrected chi connectivity index (χ4v) is 6.02. The van der Waals surface area contributed by atoms with Gasteiger partial charge in [-0.05, 0) is 103 Å². The number of carbonyl (C=O) groups excluding carboxylic acids is 1. The van der Waals surface area contributed by atoms with Crippen molar-refractivity contribution < 1.29 is 4.79 Å². The molecule has 0 aliphatic heterocycles. The van der Waals surface area contributed by atoms with Crippen LogP contribution in [-0.2, 0) is 16.6 Å². The lowest BCUT2D eigenvalue weighted by atomic mass is 9.73. The summed E-state index contributed by atoms with van der Waals surface area (Å²) in [5.41, 5.74) is 12.5. The summed E-state index contributed by atoms with van der Waals surface area (Å²) in [6.45, 7) is 16.4. The number of amidine groups is 1. The maximum absolute atomic E-state index is 13.7. The van der Waals surface area contributed by atoms with Crippen molar-refractivity contribution >= 4 is 46.1 Å². The molecule has 0 radical (unpaired) electrons. The van der Waals surface area contributed by atoms with Crippen molar-refractivity contribution in [1.82, 2.24) is 4.90 Å². The molecule has 7 heteroatoms. The zero-order chi connectivity index (χ0) is 33.6. The van der Waals surface area contributed by atoms with Crippen molar-refractivity contribution in [1.29, 1.82) is 0 Å². The van der Waals surface area contributed by atoms with Crippen LogP contribution in [0.15, 0.2) is 71.7 Å². The number of benzene rings is 3. The molecule has 4 rings (SSSR count). The Hall–Kier alpha value is -3.31. The molecule has 0 heterocycles. The molecule has 244 valence electrons. The maximum Gasteiger partial charge on any atom is 0.228 e. The fraction of sp³-hybridized carbons (Fsp3) is 0.447. The van der Waals surface area contributed by atoms with Gasteiger partial charge in [-0.15, -0.1) is 0 Å². The first kappa shape index (κ1) is 37.9. The average Bonchev–Trinajstić information content (AvgIpc) is 3.02. The van der Waals surface area contributed by atoms with Gasteiger partial charge in [0.15, 0.2) is 0 Å². The van der Waals surface area contributed by atoms with Gasteiger partial charge in [0.1, 0.15) is 5.84 Å². The fourth-order valence-electron chi connectivity index (χ4n) is 5.57. The van der Waals surface area contributed by atoms with Crippen molar-refractivity contribution in [3.8, 4) is 5.69 Å². The number of hydrogen-bond acceptors (Lipinski definition) is 3. The van der Waals surface area contributed by atoms with Crippen LogP contribution in [0.5, 0.6) is 0 Å². The Kier molecular flexibility index (Phi) is 15.7. The number of anilines is 2. The summed E-state index contributed by atoms with van der Waals surface area (Å²) in [6, 6.07) is 22.5. The van der Waals surface area contributed by atoms with Crippen LogP contribution in [0.25, 0.3) is 0 Å². The minimum Gasteiger partial charge on any atom is -0.362 e. The summed E-state index contributed by atoms with van der Waals surface area (Å²) < 4.78 is 2.86. The first-order valence-electron chi connectivity index (χ1n) is 16.0. The molecule has 5 nitrogen and oxygen atoms in total. The number of nitrogens with zero attached hydrogens (tertiary/aromatic N) is 3. The summed E-state index contributed by atoms with van der Waals surface area (Å²) in [7, 11) is 3.85. The van der Waals surface area contributed by atoms with Crippen LogP contribution >= 0.6 is 23.0 Å². The van der Waals surface area contributed by atoms with Gasteiger partial charge in [0.25, 0.3) is 0 Å². The lowest BCUT2D eigenvalue weighted by Crippen LogP contribution is -2.42. The lowest BCUT2D eigenvalue weighted by Gasteiger charge is -2.34. The molecule has 1 aliphatic carbocycles. The standard InChI is InChI=1S/C29H41N3O.C7H6ClNS.C2H6/c1-8-31(7)27(30-6)20-32(28(33)18-22(3)23-12-9-11-21(2)17-23)25-14-15-26-24(19-25)13-10-16-29(26,4)5;1-10-9-7-4-2-3-6(8)5-7;1-2/h9,11-12,14-15,17,19,22H,8,10,13,16,18,20H2,1-7H3;1-5,9H;1-2H3/t22-;;/m0../s1. The van der Waals surface area contributed by atoms with Gasteiger partial charge in [-0.2, -0.15) is 0 Å². The highest BCUT2D eigenvalue weighted by Crippen LogP contribution is 2.38. The van der Waals surface area contributed by atoms with E-state index < -0.39 is 0 Å².